The van der Waals surface area contributed by atoms with Gasteiger partial charge in [-0.3, -0.25) is 9.59 Å². The van der Waals surface area contributed by atoms with Gasteiger partial charge in [-0.15, -0.1) is 0 Å². The number of amides is 2. The van der Waals surface area contributed by atoms with Crippen LogP contribution < -0.4 is 15.5 Å². The number of aromatic nitrogens is 1. The van der Waals surface area contributed by atoms with Gasteiger partial charge in [-0.2, -0.15) is 0 Å². The summed E-state index contributed by atoms with van der Waals surface area (Å²) < 4.78 is 0. The fraction of sp³-hybridized carbons (Fsp3) is 0.381. The molecule has 0 aliphatic rings. The van der Waals surface area contributed by atoms with Crippen LogP contribution in [0.4, 0.5) is 11.5 Å². The molecule has 1 aromatic carbocycles. The van der Waals surface area contributed by atoms with E-state index in [1.165, 1.54) is 0 Å². The molecule has 0 aliphatic heterocycles. The monoisotopic (exact) mass is 368 g/mol. The van der Waals surface area contributed by atoms with Crippen molar-refractivity contribution in [3.8, 4) is 0 Å². The normalized spacial score (nSPS) is 11.8. The van der Waals surface area contributed by atoms with Crippen molar-refractivity contribution in [2.75, 3.05) is 24.3 Å². The third kappa shape index (κ3) is 5.81. The first-order chi connectivity index (χ1) is 12.8. The van der Waals surface area contributed by atoms with Gasteiger partial charge in [-0.25, -0.2) is 4.98 Å². The number of carbonyl (C=O) groups is 2. The SMILES string of the molecule is Cc1ccccc1C(=O)N[C@H](CC(C)C)C(=O)Nc1ccc(N(C)C)nc1. The Kier molecular flexibility index (Phi) is 6.93. The first-order valence-corrected chi connectivity index (χ1v) is 9.08. The number of hydrogen-bond donors (Lipinski definition) is 2. The summed E-state index contributed by atoms with van der Waals surface area (Å²) in [6, 6.07) is 10.4. The summed E-state index contributed by atoms with van der Waals surface area (Å²) in [7, 11) is 3.81. The minimum Gasteiger partial charge on any atom is -0.363 e. The standard InChI is InChI=1S/C21H28N4O2/c1-14(2)12-18(24-20(26)17-9-7-6-8-15(17)3)21(27)23-16-10-11-19(22-13-16)25(4)5/h6-11,13-14,18H,12H2,1-5H3,(H,23,27)(H,24,26)/t18-/m1/s1. The van der Waals surface area contributed by atoms with E-state index in [0.717, 1.165) is 11.4 Å². The molecule has 1 aromatic heterocycles. The second-order valence-corrected chi connectivity index (χ2v) is 7.26. The molecule has 0 saturated heterocycles. The van der Waals surface area contributed by atoms with Gasteiger partial charge in [0.15, 0.2) is 0 Å². The highest BCUT2D eigenvalue weighted by molar-refractivity contribution is 6.01. The van der Waals surface area contributed by atoms with Crippen LogP contribution >= 0.6 is 0 Å². The van der Waals surface area contributed by atoms with Gasteiger partial charge in [-0.1, -0.05) is 32.0 Å². The first kappa shape index (κ1) is 20.4. The van der Waals surface area contributed by atoms with E-state index in [4.69, 9.17) is 0 Å². The van der Waals surface area contributed by atoms with E-state index in [1.807, 2.05) is 64.0 Å². The van der Waals surface area contributed by atoms with Gasteiger partial charge in [-0.05, 0) is 43.0 Å². The molecule has 0 saturated carbocycles. The van der Waals surface area contributed by atoms with Crippen molar-refractivity contribution >= 4 is 23.3 Å². The maximum Gasteiger partial charge on any atom is 0.252 e. The average molecular weight is 368 g/mol. The Morgan fingerprint density at radius 3 is 2.37 bits per heavy atom. The summed E-state index contributed by atoms with van der Waals surface area (Å²) in [4.78, 5) is 31.6. The Bertz CT molecular complexity index is 785. The molecule has 2 N–H and O–H groups in total. The van der Waals surface area contributed by atoms with Gasteiger partial charge < -0.3 is 15.5 Å². The van der Waals surface area contributed by atoms with Crippen LogP contribution in [0.1, 0.15) is 36.2 Å². The molecule has 0 aliphatic carbocycles. The number of aryl methyl sites for hydroxylation is 1. The van der Waals surface area contributed by atoms with E-state index in [0.29, 0.717) is 17.7 Å². The Balaban J connectivity index is 2.11. The molecule has 2 aromatic rings. The molecule has 0 spiro atoms. The Morgan fingerprint density at radius 2 is 1.81 bits per heavy atom. The molecular formula is C21H28N4O2. The maximum absolute atomic E-state index is 12.8. The van der Waals surface area contributed by atoms with Gasteiger partial charge in [0, 0.05) is 19.7 Å². The summed E-state index contributed by atoms with van der Waals surface area (Å²) in [6.45, 7) is 5.92. The first-order valence-electron chi connectivity index (χ1n) is 9.08. The molecule has 2 amide bonds. The van der Waals surface area contributed by atoms with Crippen LogP contribution in [-0.4, -0.2) is 36.9 Å². The number of rotatable bonds is 7. The highest BCUT2D eigenvalue weighted by Crippen LogP contribution is 2.14. The fourth-order valence-corrected chi connectivity index (χ4v) is 2.72. The summed E-state index contributed by atoms with van der Waals surface area (Å²) >= 11 is 0. The number of anilines is 2. The van der Waals surface area contributed by atoms with Gasteiger partial charge in [0.05, 0.1) is 11.9 Å². The molecule has 0 radical (unpaired) electrons. The van der Waals surface area contributed by atoms with Crippen molar-refractivity contribution in [3.63, 3.8) is 0 Å². The number of hydrogen-bond acceptors (Lipinski definition) is 4. The number of pyridine rings is 1. The predicted molar refractivity (Wildman–Crippen MR) is 109 cm³/mol. The molecule has 144 valence electrons. The van der Waals surface area contributed by atoms with E-state index in [-0.39, 0.29) is 17.7 Å². The number of carbonyl (C=O) groups excluding carboxylic acids is 2. The van der Waals surface area contributed by atoms with E-state index < -0.39 is 6.04 Å². The minimum atomic E-state index is -0.620. The lowest BCUT2D eigenvalue weighted by molar-refractivity contribution is -0.118. The van der Waals surface area contributed by atoms with E-state index in [2.05, 4.69) is 15.6 Å². The van der Waals surface area contributed by atoms with Crippen molar-refractivity contribution in [2.45, 2.75) is 33.2 Å². The molecule has 2 rings (SSSR count). The third-order valence-corrected chi connectivity index (χ3v) is 4.19. The fourth-order valence-electron chi connectivity index (χ4n) is 2.72. The van der Waals surface area contributed by atoms with Crippen LogP contribution in [0.3, 0.4) is 0 Å². The van der Waals surface area contributed by atoms with Gasteiger partial charge in [0.1, 0.15) is 11.9 Å². The van der Waals surface area contributed by atoms with Crippen LogP contribution in [0.2, 0.25) is 0 Å². The topological polar surface area (TPSA) is 74.3 Å². The van der Waals surface area contributed by atoms with E-state index in [1.54, 1.807) is 18.3 Å². The van der Waals surface area contributed by atoms with Crippen LogP contribution in [0.15, 0.2) is 42.6 Å². The molecule has 0 unspecified atom stereocenters. The highest BCUT2D eigenvalue weighted by Gasteiger charge is 2.23. The van der Waals surface area contributed by atoms with E-state index >= 15 is 0 Å². The number of nitrogens with one attached hydrogen (secondary N) is 2. The Labute approximate surface area is 161 Å². The third-order valence-electron chi connectivity index (χ3n) is 4.19. The zero-order valence-electron chi connectivity index (χ0n) is 16.6. The molecular weight excluding hydrogens is 340 g/mol. The van der Waals surface area contributed by atoms with Crippen LogP contribution in [0, 0.1) is 12.8 Å². The Morgan fingerprint density at radius 1 is 1.11 bits per heavy atom. The zero-order valence-corrected chi connectivity index (χ0v) is 16.6. The maximum atomic E-state index is 12.8. The Hall–Kier alpha value is -2.89. The molecule has 27 heavy (non-hydrogen) atoms. The van der Waals surface area contributed by atoms with Crippen molar-refractivity contribution in [3.05, 3.63) is 53.7 Å². The molecule has 1 heterocycles. The van der Waals surface area contributed by atoms with Crippen molar-refractivity contribution < 1.29 is 9.59 Å². The van der Waals surface area contributed by atoms with Crippen molar-refractivity contribution in [2.24, 2.45) is 5.92 Å². The number of nitrogens with zero attached hydrogens (tertiary/aromatic N) is 2. The summed E-state index contributed by atoms with van der Waals surface area (Å²) in [5.74, 6) is 0.576. The summed E-state index contributed by atoms with van der Waals surface area (Å²) in [5, 5.41) is 5.73. The number of benzene rings is 1. The molecule has 1 atom stereocenters. The quantitative estimate of drug-likeness (QED) is 0.787. The molecule has 6 heteroatoms. The molecule has 0 bridgehead atoms. The van der Waals surface area contributed by atoms with Gasteiger partial charge in [0.2, 0.25) is 5.91 Å². The molecule has 6 nitrogen and oxygen atoms in total. The lowest BCUT2D eigenvalue weighted by Gasteiger charge is -2.21. The van der Waals surface area contributed by atoms with Crippen molar-refractivity contribution in [1.29, 1.82) is 0 Å². The lowest BCUT2D eigenvalue weighted by atomic mass is 10.0. The predicted octanol–water partition coefficient (Wildman–Crippen LogP) is 3.24. The highest BCUT2D eigenvalue weighted by atomic mass is 16.2. The van der Waals surface area contributed by atoms with Gasteiger partial charge in [0.25, 0.3) is 5.91 Å². The largest absolute Gasteiger partial charge is 0.363 e. The van der Waals surface area contributed by atoms with Crippen molar-refractivity contribution in [1.82, 2.24) is 10.3 Å². The van der Waals surface area contributed by atoms with E-state index in [9.17, 15) is 9.59 Å². The zero-order chi connectivity index (χ0) is 20.0. The smallest absolute Gasteiger partial charge is 0.252 e. The second-order valence-electron chi connectivity index (χ2n) is 7.26. The summed E-state index contributed by atoms with van der Waals surface area (Å²) in [5.41, 5.74) is 2.06. The summed E-state index contributed by atoms with van der Waals surface area (Å²) in [6.07, 6.45) is 2.16. The van der Waals surface area contributed by atoms with Crippen LogP contribution in [0.25, 0.3) is 0 Å². The average Bonchev–Trinajstić information content (AvgIpc) is 2.61. The molecule has 0 fully saturated rings. The minimum absolute atomic E-state index is 0.241. The lowest BCUT2D eigenvalue weighted by Crippen LogP contribution is -2.44. The van der Waals surface area contributed by atoms with Crippen LogP contribution in [0.5, 0.6) is 0 Å². The van der Waals surface area contributed by atoms with Gasteiger partial charge >= 0.3 is 0 Å². The van der Waals surface area contributed by atoms with Crippen LogP contribution in [-0.2, 0) is 4.79 Å². The second kappa shape index (κ2) is 9.16.